The predicted molar refractivity (Wildman–Crippen MR) is 97.0 cm³/mol. The second kappa shape index (κ2) is 8.11. The lowest BCUT2D eigenvalue weighted by Crippen LogP contribution is -2.22. The molecule has 3 nitrogen and oxygen atoms in total. The van der Waals surface area contributed by atoms with E-state index in [1.807, 2.05) is 55.5 Å². The minimum absolute atomic E-state index is 0. The molecule has 5 heteroatoms. The Balaban J connectivity index is 0.00000200. The molecule has 0 amide bonds. The first-order valence-corrected chi connectivity index (χ1v) is 6.39. The van der Waals surface area contributed by atoms with Crippen molar-refractivity contribution in [3.05, 3.63) is 64.7 Å². The smallest absolute Gasteiger partial charge is 0.193 e. The molecular formula is C15H17ClIN3. The Morgan fingerprint density at radius 3 is 2.55 bits per heavy atom. The van der Waals surface area contributed by atoms with Crippen LogP contribution in [-0.4, -0.2) is 5.96 Å². The molecule has 3 N–H and O–H groups in total. The molecule has 0 saturated heterocycles. The number of rotatable bonds is 3. The zero-order valence-electron chi connectivity index (χ0n) is 11.1. The first-order valence-electron chi connectivity index (χ1n) is 6.01. The van der Waals surface area contributed by atoms with Gasteiger partial charge in [-0.1, -0.05) is 35.9 Å². The van der Waals surface area contributed by atoms with E-state index >= 15 is 0 Å². The third-order valence-electron chi connectivity index (χ3n) is 2.64. The number of hydrogen-bond acceptors (Lipinski definition) is 1. The van der Waals surface area contributed by atoms with Gasteiger partial charge in [-0.05, 0) is 42.3 Å². The molecule has 2 rings (SSSR count). The van der Waals surface area contributed by atoms with Gasteiger partial charge in [0.05, 0.1) is 6.54 Å². The van der Waals surface area contributed by atoms with Crippen LogP contribution in [0.2, 0.25) is 5.02 Å². The van der Waals surface area contributed by atoms with Crippen LogP contribution in [-0.2, 0) is 6.54 Å². The summed E-state index contributed by atoms with van der Waals surface area (Å²) in [5.74, 6) is 0.403. The number of nitrogens with two attached hydrogens (primary N) is 1. The summed E-state index contributed by atoms with van der Waals surface area (Å²) < 4.78 is 0. The van der Waals surface area contributed by atoms with Gasteiger partial charge >= 0.3 is 0 Å². The molecule has 2 aromatic carbocycles. The van der Waals surface area contributed by atoms with Crippen LogP contribution in [0.3, 0.4) is 0 Å². The normalized spacial score (nSPS) is 10.8. The van der Waals surface area contributed by atoms with Gasteiger partial charge in [0.1, 0.15) is 0 Å². The fourth-order valence-corrected chi connectivity index (χ4v) is 1.80. The molecule has 0 aromatic heterocycles. The molecule has 0 fully saturated rings. The first kappa shape index (κ1) is 16.8. The second-order valence-corrected chi connectivity index (χ2v) is 4.76. The Kier molecular flexibility index (Phi) is 6.81. The lowest BCUT2D eigenvalue weighted by molar-refractivity contribution is 1.06. The standard InChI is InChI=1S/C15H16ClN3.HI/c1-11-3-2-4-14(9-11)19-15(17)18-10-12-5-7-13(16)8-6-12;/h2-9H,10H2,1H3,(H3,17,18,19);1H. The lowest BCUT2D eigenvalue weighted by Gasteiger charge is -2.06. The highest BCUT2D eigenvalue weighted by atomic mass is 127. The monoisotopic (exact) mass is 401 g/mol. The second-order valence-electron chi connectivity index (χ2n) is 4.32. The Morgan fingerprint density at radius 2 is 1.90 bits per heavy atom. The quantitative estimate of drug-likeness (QED) is 0.460. The van der Waals surface area contributed by atoms with Gasteiger partial charge in [-0.25, -0.2) is 4.99 Å². The van der Waals surface area contributed by atoms with Crippen molar-refractivity contribution in [1.82, 2.24) is 0 Å². The summed E-state index contributed by atoms with van der Waals surface area (Å²) >= 11 is 5.82. The lowest BCUT2D eigenvalue weighted by atomic mass is 10.2. The molecule has 0 aliphatic rings. The molecule has 2 aromatic rings. The maximum atomic E-state index is 5.85. The van der Waals surface area contributed by atoms with Crippen LogP contribution in [0.1, 0.15) is 11.1 Å². The van der Waals surface area contributed by atoms with E-state index in [1.54, 1.807) is 0 Å². The van der Waals surface area contributed by atoms with Crippen LogP contribution in [0.25, 0.3) is 0 Å². The molecule has 106 valence electrons. The zero-order chi connectivity index (χ0) is 13.7. The van der Waals surface area contributed by atoms with Gasteiger partial charge in [0.25, 0.3) is 0 Å². The van der Waals surface area contributed by atoms with Crippen LogP contribution in [0.4, 0.5) is 5.69 Å². The fraction of sp³-hybridized carbons (Fsp3) is 0.133. The Hall–Kier alpha value is -1.27. The molecule has 20 heavy (non-hydrogen) atoms. The summed E-state index contributed by atoms with van der Waals surface area (Å²) in [4.78, 5) is 4.29. The molecule has 0 atom stereocenters. The number of aliphatic imine (C=N–C) groups is 1. The summed E-state index contributed by atoms with van der Waals surface area (Å²) in [6, 6.07) is 15.5. The number of aryl methyl sites for hydroxylation is 1. The van der Waals surface area contributed by atoms with Gasteiger partial charge in [-0.15, -0.1) is 24.0 Å². The average molecular weight is 402 g/mol. The minimum atomic E-state index is 0. The van der Waals surface area contributed by atoms with E-state index in [4.69, 9.17) is 17.3 Å². The van der Waals surface area contributed by atoms with E-state index in [2.05, 4.69) is 10.3 Å². The highest BCUT2D eigenvalue weighted by Crippen LogP contribution is 2.11. The highest BCUT2D eigenvalue weighted by Gasteiger charge is 1.96. The first-order chi connectivity index (χ1) is 9.13. The van der Waals surface area contributed by atoms with E-state index in [0.717, 1.165) is 16.3 Å². The molecule has 0 spiro atoms. The Bertz CT molecular complexity index is 582. The van der Waals surface area contributed by atoms with E-state index in [0.29, 0.717) is 12.5 Å². The van der Waals surface area contributed by atoms with Crippen LogP contribution in [0.15, 0.2) is 53.5 Å². The molecule has 0 saturated carbocycles. The summed E-state index contributed by atoms with van der Waals surface area (Å²) in [6.45, 7) is 2.56. The van der Waals surface area contributed by atoms with Crippen LogP contribution < -0.4 is 11.1 Å². The van der Waals surface area contributed by atoms with E-state index in [-0.39, 0.29) is 24.0 Å². The maximum Gasteiger partial charge on any atom is 0.193 e. The van der Waals surface area contributed by atoms with E-state index < -0.39 is 0 Å². The average Bonchev–Trinajstić information content (AvgIpc) is 2.38. The molecule has 0 heterocycles. The van der Waals surface area contributed by atoms with Crippen LogP contribution in [0.5, 0.6) is 0 Å². The SMILES string of the molecule is Cc1cccc(NC(N)=NCc2ccc(Cl)cc2)c1.I. The van der Waals surface area contributed by atoms with Crippen LogP contribution >= 0.6 is 35.6 Å². The molecule has 0 unspecified atom stereocenters. The van der Waals surface area contributed by atoms with Crippen molar-refractivity contribution in [2.24, 2.45) is 10.7 Å². The van der Waals surface area contributed by atoms with E-state index in [1.165, 1.54) is 5.56 Å². The van der Waals surface area contributed by atoms with Crippen molar-refractivity contribution in [3.63, 3.8) is 0 Å². The number of hydrogen-bond donors (Lipinski definition) is 2. The molecule has 0 radical (unpaired) electrons. The van der Waals surface area contributed by atoms with Crippen molar-refractivity contribution >= 4 is 47.2 Å². The topological polar surface area (TPSA) is 50.4 Å². The Labute approximate surface area is 141 Å². The van der Waals surface area contributed by atoms with Gasteiger partial charge < -0.3 is 11.1 Å². The number of benzene rings is 2. The summed E-state index contributed by atoms with van der Waals surface area (Å²) in [7, 11) is 0. The Morgan fingerprint density at radius 1 is 1.20 bits per heavy atom. The number of nitrogens with one attached hydrogen (secondary N) is 1. The third kappa shape index (κ3) is 5.38. The summed E-state index contributed by atoms with van der Waals surface area (Å²) in [5, 5.41) is 3.79. The van der Waals surface area contributed by atoms with Gasteiger partial charge in [-0.3, -0.25) is 0 Å². The third-order valence-corrected chi connectivity index (χ3v) is 2.89. The van der Waals surface area contributed by atoms with Gasteiger partial charge in [-0.2, -0.15) is 0 Å². The number of halogens is 2. The maximum absolute atomic E-state index is 5.85. The van der Waals surface area contributed by atoms with Crippen LogP contribution in [0, 0.1) is 6.92 Å². The predicted octanol–water partition coefficient (Wildman–Crippen LogP) is 4.19. The zero-order valence-corrected chi connectivity index (χ0v) is 14.2. The van der Waals surface area contributed by atoms with Crippen molar-refractivity contribution < 1.29 is 0 Å². The molecular weight excluding hydrogens is 385 g/mol. The summed E-state index contributed by atoms with van der Waals surface area (Å²) in [5.41, 5.74) is 9.03. The number of guanidine groups is 1. The van der Waals surface area contributed by atoms with Crippen molar-refractivity contribution in [1.29, 1.82) is 0 Å². The fourth-order valence-electron chi connectivity index (χ4n) is 1.68. The van der Waals surface area contributed by atoms with Gasteiger partial charge in [0.2, 0.25) is 0 Å². The number of nitrogens with zero attached hydrogens (tertiary/aromatic N) is 1. The van der Waals surface area contributed by atoms with Crippen molar-refractivity contribution in [2.45, 2.75) is 13.5 Å². The minimum Gasteiger partial charge on any atom is -0.370 e. The highest BCUT2D eigenvalue weighted by molar-refractivity contribution is 14.0. The van der Waals surface area contributed by atoms with Gasteiger partial charge in [0.15, 0.2) is 5.96 Å². The number of anilines is 1. The van der Waals surface area contributed by atoms with Gasteiger partial charge in [0, 0.05) is 10.7 Å². The van der Waals surface area contributed by atoms with E-state index in [9.17, 15) is 0 Å². The largest absolute Gasteiger partial charge is 0.370 e. The molecule has 0 aliphatic heterocycles. The van der Waals surface area contributed by atoms with Crippen molar-refractivity contribution in [2.75, 3.05) is 5.32 Å². The van der Waals surface area contributed by atoms with Crippen molar-refractivity contribution in [3.8, 4) is 0 Å². The molecule has 0 aliphatic carbocycles. The molecule has 0 bridgehead atoms. The summed E-state index contributed by atoms with van der Waals surface area (Å²) in [6.07, 6.45) is 0.